The van der Waals surface area contributed by atoms with Gasteiger partial charge in [0.25, 0.3) is 12.0 Å². The standard InChI is InChI=1S/C24H22ClF4N2O9PS/c1-35-13-3-7-15(8-4-13)39-41(42,40-16-9-5-14(36-2)6-10-16)37-12-23(20(26)27)19(33)24(28,29)21(38-23)31-11-17(25)18(32)30-22(31)34/h3-11,19-21,33H,12H2,1-2H3,(H,30,32,34)/t19-,21+,23+/m0/s1. The van der Waals surface area contributed by atoms with Gasteiger partial charge in [-0.25, -0.2) is 13.6 Å². The molecule has 3 aromatic rings. The number of methoxy groups -OCH3 is 2. The summed E-state index contributed by atoms with van der Waals surface area (Å²) in [5.74, 6) is -3.54. The van der Waals surface area contributed by atoms with Gasteiger partial charge in [-0.1, -0.05) is 11.6 Å². The van der Waals surface area contributed by atoms with Gasteiger partial charge in [0, 0.05) is 18.0 Å². The molecule has 1 fully saturated rings. The molecule has 42 heavy (non-hydrogen) atoms. The van der Waals surface area contributed by atoms with Gasteiger partial charge in [-0.15, -0.1) is 0 Å². The van der Waals surface area contributed by atoms with E-state index in [1.165, 1.54) is 62.8 Å². The van der Waals surface area contributed by atoms with Gasteiger partial charge in [0.05, 0.1) is 20.8 Å². The van der Waals surface area contributed by atoms with E-state index in [-0.39, 0.29) is 16.1 Å². The topological polar surface area (TPSA) is 130 Å². The number of rotatable bonds is 11. The first-order valence-corrected chi connectivity index (χ1v) is 14.6. The largest absolute Gasteiger partial charge is 0.497 e. The van der Waals surface area contributed by atoms with Crippen molar-refractivity contribution in [2.75, 3.05) is 20.8 Å². The predicted molar refractivity (Wildman–Crippen MR) is 144 cm³/mol. The minimum atomic E-state index is -4.51. The van der Waals surface area contributed by atoms with Crippen LogP contribution in [0, 0.1) is 0 Å². The maximum absolute atomic E-state index is 15.3. The Hall–Kier alpha value is -3.14. The summed E-state index contributed by atoms with van der Waals surface area (Å²) in [6.45, 7) is -5.66. The first-order valence-electron chi connectivity index (χ1n) is 11.7. The summed E-state index contributed by atoms with van der Waals surface area (Å²) >= 11 is 11.1. The number of H-pyrrole nitrogens is 1. The van der Waals surface area contributed by atoms with Crippen molar-refractivity contribution in [2.45, 2.75) is 30.3 Å². The molecule has 2 heterocycles. The molecule has 1 saturated heterocycles. The number of aliphatic hydroxyl groups is 1. The number of ether oxygens (including phenoxy) is 3. The molecule has 2 N–H and O–H groups in total. The molecule has 4 rings (SSSR count). The van der Waals surface area contributed by atoms with Gasteiger partial charge >= 0.3 is 18.3 Å². The summed E-state index contributed by atoms with van der Waals surface area (Å²) in [6, 6.07) is 11.6. The smallest absolute Gasteiger partial charge is 0.435 e. The monoisotopic (exact) mass is 656 g/mol. The van der Waals surface area contributed by atoms with Crippen molar-refractivity contribution in [3.05, 3.63) is 80.6 Å². The molecule has 0 spiro atoms. The molecule has 18 heteroatoms. The normalized spacial score (nSPS) is 21.7. The lowest BCUT2D eigenvalue weighted by Gasteiger charge is -2.32. The third kappa shape index (κ3) is 6.28. The number of aromatic amines is 1. The minimum absolute atomic E-state index is 0.0456. The van der Waals surface area contributed by atoms with E-state index < -0.39 is 59.9 Å². The Bertz CT molecular complexity index is 1520. The molecule has 0 bridgehead atoms. The maximum Gasteiger partial charge on any atom is 0.435 e. The Labute approximate surface area is 244 Å². The molecule has 228 valence electrons. The number of hydrogen-bond acceptors (Lipinski definition) is 10. The first kappa shape index (κ1) is 31.8. The number of alkyl halides is 4. The lowest BCUT2D eigenvalue weighted by molar-refractivity contribution is -0.192. The number of benzene rings is 2. The SMILES string of the molecule is COc1ccc(OP(=S)(OC[C@@]2(C(F)F)O[C@@H](n3cc(Cl)c(=O)[nH]c3=O)C(F)(F)[C@H]2O)Oc2ccc(OC)cc2)cc1. The molecule has 1 aliphatic heterocycles. The zero-order chi connectivity index (χ0) is 30.9. The van der Waals surface area contributed by atoms with E-state index in [0.717, 1.165) is 0 Å². The van der Waals surface area contributed by atoms with Gasteiger partial charge in [0.15, 0.2) is 11.7 Å². The van der Waals surface area contributed by atoms with Crippen molar-refractivity contribution in [2.24, 2.45) is 0 Å². The summed E-state index contributed by atoms with van der Waals surface area (Å²) in [5, 5.41) is 9.77. The van der Waals surface area contributed by atoms with Crippen LogP contribution in [0.4, 0.5) is 17.6 Å². The highest BCUT2D eigenvalue weighted by Crippen LogP contribution is 2.55. The van der Waals surface area contributed by atoms with Crippen LogP contribution in [0.25, 0.3) is 0 Å². The van der Waals surface area contributed by atoms with Crippen LogP contribution in [0.3, 0.4) is 0 Å². The molecule has 0 radical (unpaired) electrons. The van der Waals surface area contributed by atoms with Crippen LogP contribution < -0.4 is 29.8 Å². The van der Waals surface area contributed by atoms with Crippen LogP contribution in [0.15, 0.2) is 64.3 Å². The van der Waals surface area contributed by atoms with Gasteiger partial charge < -0.3 is 28.4 Å². The fourth-order valence-corrected chi connectivity index (χ4v) is 5.91. The second-order valence-corrected chi connectivity index (χ2v) is 12.0. The molecular weight excluding hydrogens is 635 g/mol. The van der Waals surface area contributed by atoms with Crippen LogP contribution in [0.1, 0.15) is 6.23 Å². The number of nitrogens with one attached hydrogen (secondary N) is 1. The highest BCUT2D eigenvalue weighted by molar-refractivity contribution is 8.07. The Morgan fingerprint density at radius 3 is 1.95 bits per heavy atom. The predicted octanol–water partition coefficient (Wildman–Crippen LogP) is 4.14. The van der Waals surface area contributed by atoms with Crippen molar-refractivity contribution in [3.63, 3.8) is 0 Å². The van der Waals surface area contributed by atoms with E-state index in [9.17, 15) is 23.5 Å². The van der Waals surface area contributed by atoms with Crippen molar-refractivity contribution < 1.29 is 50.5 Å². The Balaban J connectivity index is 1.69. The molecule has 1 aliphatic rings. The van der Waals surface area contributed by atoms with Gasteiger partial charge in [-0.05, 0) is 48.5 Å². The van der Waals surface area contributed by atoms with E-state index >= 15 is 8.78 Å². The highest BCUT2D eigenvalue weighted by Gasteiger charge is 2.71. The highest BCUT2D eigenvalue weighted by atomic mass is 35.5. The third-order valence-electron chi connectivity index (χ3n) is 6.04. The third-order valence-corrected chi connectivity index (χ3v) is 8.38. The summed E-state index contributed by atoms with van der Waals surface area (Å²) in [7, 11) is 2.84. The van der Waals surface area contributed by atoms with Crippen LogP contribution in [0.2, 0.25) is 5.02 Å². The molecule has 0 unspecified atom stereocenters. The molecule has 1 aromatic heterocycles. The second-order valence-electron chi connectivity index (χ2n) is 8.70. The zero-order valence-electron chi connectivity index (χ0n) is 21.5. The summed E-state index contributed by atoms with van der Waals surface area (Å²) < 4.78 is 91.6. The molecule has 0 saturated carbocycles. The van der Waals surface area contributed by atoms with E-state index in [1.807, 2.05) is 0 Å². The van der Waals surface area contributed by atoms with Crippen LogP contribution in [0.5, 0.6) is 23.0 Å². The molecule has 3 atom stereocenters. The Kier molecular flexibility index (Phi) is 9.25. The fraction of sp³-hybridized carbons (Fsp3) is 0.333. The summed E-state index contributed by atoms with van der Waals surface area (Å²) in [4.78, 5) is 25.5. The minimum Gasteiger partial charge on any atom is -0.497 e. The van der Waals surface area contributed by atoms with Crippen molar-refractivity contribution in [1.29, 1.82) is 0 Å². The van der Waals surface area contributed by atoms with E-state index in [0.29, 0.717) is 17.7 Å². The number of hydrogen-bond donors (Lipinski definition) is 2. The quantitative estimate of drug-likeness (QED) is 0.230. The van der Waals surface area contributed by atoms with Gasteiger partial charge in [0.2, 0.25) is 6.23 Å². The molecule has 0 aliphatic carbocycles. The Morgan fingerprint density at radius 1 is 1.02 bits per heavy atom. The molecule has 2 aromatic carbocycles. The van der Waals surface area contributed by atoms with Gasteiger partial charge in [-0.3, -0.25) is 18.9 Å². The zero-order valence-corrected chi connectivity index (χ0v) is 24.0. The van der Waals surface area contributed by atoms with Crippen LogP contribution in [-0.4, -0.2) is 59.5 Å². The average Bonchev–Trinajstić information content (AvgIpc) is 3.16. The fourth-order valence-electron chi connectivity index (χ4n) is 3.82. The maximum atomic E-state index is 15.3. The average molecular weight is 657 g/mol. The van der Waals surface area contributed by atoms with E-state index in [1.54, 1.807) is 4.98 Å². The van der Waals surface area contributed by atoms with Crippen molar-refractivity contribution in [1.82, 2.24) is 9.55 Å². The number of aliphatic hydroxyl groups excluding tert-OH is 1. The Morgan fingerprint density at radius 2 is 1.50 bits per heavy atom. The van der Waals surface area contributed by atoms with Crippen molar-refractivity contribution >= 4 is 30.1 Å². The summed E-state index contributed by atoms with van der Waals surface area (Å²) in [6.07, 6.45) is -9.41. The molecule has 0 amide bonds. The van der Waals surface area contributed by atoms with E-state index in [4.69, 9.17) is 51.2 Å². The van der Waals surface area contributed by atoms with Gasteiger partial charge in [0.1, 0.15) is 28.0 Å². The van der Waals surface area contributed by atoms with Gasteiger partial charge in [-0.2, -0.15) is 8.78 Å². The second kappa shape index (κ2) is 12.2. The summed E-state index contributed by atoms with van der Waals surface area (Å²) in [5.41, 5.74) is -6.02. The van der Waals surface area contributed by atoms with Crippen molar-refractivity contribution in [3.8, 4) is 23.0 Å². The number of halogens is 5. The van der Waals surface area contributed by atoms with E-state index in [2.05, 4.69) is 0 Å². The molecule has 11 nitrogen and oxygen atoms in total. The number of aromatic nitrogens is 2. The first-order chi connectivity index (χ1) is 19.7. The number of nitrogens with zero attached hydrogens (tertiary/aromatic N) is 1. The molecular formula is C24H22ClF4N2O9PS. The lowest BCUT2D eigenvalue weighted by Crippen LogP contribution is -2.54. The lowest BCUT2D eigenvalue weighted by atomic mass is 9.96. The van der Waals surface area contributed by atoms with Crippen LogP contribution in [-0.2, 0) is 21.1 Å². The van der Waals surface area contributed by atoms with Crippen LogP contribution >= 0.6 is 18.3 Å².